The topological polar surface area (TPSA) is 35.5 Å². The molecule has 1 atom stereocenters. The summed E-state index contributed by atoms with van der Waals surface area (Å²) in [7, 11) is 1.38. The molecule has 0 bridgehead atoms. The molecule has 0 N–H and O–H groups in total. The van der Waals surface area contributed by atoms with E-state index in [2.05, 4.69) is 48.5 Å². The summed E-state index contributed by atoms with van der Waals surface area (Å²) < 4.78 is 25.8. The summed E-state index contributed by atoms with van der Waals surface area (Å²) in [5.74, 6) is -0.0175. The molecule has 6 aromatic rings. The van der Waals surface area contributed by atoms with Crippen molar-refractivity contribution in [2.24, 2.45) is 0 Å². The van der Waals surface area contributed by atoms with E-state index in [1.807, 2.05) is 66.7 Å². The second-order valence-electron chi connectivity index (χ2n) is 10.1. The highest BCUT2D eigenvalue weighted by atomic mass is 32.1. The zero-order valence-electron chi connectivity index (χ0n) is 23.1. The van der Waals surface area contributed by atoms with Crippen LogP contribution in [0.25, 0.3) is 32.3 Å². The Morgan fingerprint density at radius 1 is 0.714 bits per heavy atom. The Hall–Kier alpha value is -4.74. The van der Waals surface area contributed by atoms with E-state index >= 15 is 0 Å². The first-order valence-electron chi connectivity index (χ1n) is 13.8. The lowest BCUT2D eigenvalue weighted by molar-refractivity contribution is -0.148. The zero-order valence-corrected chi connectivity index (χ0v) is 23.9. The molecule has 0 aliphatic heterocycles. The minimum absolute atomic E-state index is 0.221. The second kappa shape index (κ2) is 12.4. The van der Waals surface area contributed by atoms with Gasteiger partial charge < -0.3 is 9.47 Å². The molecule has 1 heterocycles. The van der Waals surface area contributed by atoms with Crippen molar-refractivity contribution in [3.05, 3.63) is 149 Å². The van der Waals surface area contributed by atoms with Crippen LogP contribution >= 0.6 is 11.3 Å². The number of carbonyl (C=O) groups excluding carboxylic acids is 1. The van der Waals surface area contributed by atoms with Crippen molar-refractivity contribution < 1.29 is 18.7 Å². The molecule has 0 saturated heterocycles. The Balaban J connectivity index is 1.23. The number of benzene rings is 5. The number of hydrogen-bond acceptors (Lipinski definition) is 4. The average Bonchev–Trinajstić information content (AvgIpc) is 3.40. The molecule has 0 spiro atoms. The molecule has 0 unspecified atom stereocenters. The van der Waals surface area contributed by atoms with Gasteiger partial charge in [0.15, 0.2) is 6.10 Å². The lowest BCUT2D eigenvalue weighted by Gasteiger charge is -2.17. The van der Waals surface area contributed by atoms with E-state index in [4.69, 9.17) is 9.47 Å². The maximum absolute atomic E-state index is 13.5. The molecule has 0 radical (unpaired) electrons. The van der Waals surface area contributed by atoms with Crippen LogP contribution in [-0.4, -0.2) is 19.2 Å². The Bertz CT molecular complexity index is 1790. The lowest BCUT2D eigenvalue weighted by atomic mass is 9.96. The zero-order chi connectivity index (χ0) is 28.9. The molecule has 3 nitrogen and oxygen atoms in total. The molecular weight excluding hydrogens is 543 g/mol. The van der Waals surface area contributed by atoms with Crippen LogP contribution in [-0.2, 0) is 22.4 Å². The lowest BCUT2D eigenvalue weighted by Crippen LogP contribution is -2.30. The number of thiophene rings is 1. The maximum atomic E-state index is 13.5. The Kier molecular flexibility index (Phi) is 8.11. The van der Waals surface area contributed by atoms with E-state index in [1.54, 1.807) is 11.3 Å². The van der Waals surface area contributed by atoms with Crippen LogP contribution in [0.2, 0.25) is 0 Å². The molecular formula is C37H29FO3S. The van der Waals surface area contributed by atoms with Gasteiger partial charge in [0.2, 0.25) is 0 Å². The molecule has 6 rings (SSSR count). The first kappa shape index (κ1) is 27.4. The van der Waals surface area contributed by atoms with E-state index in [0.717, 1.165) is 34.2 Å². The maximum Gasteiger partial charge on any atom is 0.347 e. The molecule has 5 aromatic carbocycles. The number of methoxy groups -OCH3 is 1. The van der Waals surface area contributed by atoms with Crippen LogP contribution in [0.5, 0.6) is 5.75 Å². The van der Waals surface area contributed by atoms with Gasteiger partial charge in [0.25, 0.3) is 0 Å². The molecule has 1 aromatic heterocycles. The van der Waals surface area contributed by atoms with Crippen LogP contribution < -0.4 is 4.74 Å². The van der Waals surface area contributed by atoms with Gasteiger partial charge in [0.1, 0.15) is 11.6 Å². The molecule has 0 aliphatic rings. The highest BCUT2D eigenvalue weighted by molar-refractivity contribution is 7.19. The fraction of sp³-hybridized carbons (Fsp3) is 0.108. The van der Waals surface area contributed by atoms with Crippen LogP contribution in [0.3, 0.4) is 0 Å². The van der Waals surface area contributed by atoms with E-state index in [-0.39, 0.29) is 5.82 Å². The van der Waals surface area contributed by atoms with Gasteiger partial charge in [-0.3, -0.25) is 0 Å². The van der Waals surface area contributed by atoms with Gasteiger partial charge in [0.05, 0.1) is 7.11 Å². The molecule has 0 aliphatic carbocycles. The summed E-state index contributed by atoms with van der Waals surface area (Å²) in [4.78, 5) is 13.7. The number of esters is 1. The van der Waals surface area contributed by atoms with Crippen molar-refractivity contribution in [3.8, 4) is 28.0 Å². The van der Waals surface area contributed by atoms with E-state index < -0.39 is 12.1 Å². The Morgan fingerprint density at radius 2 is 1.33 bits per heavy atom. The number of hydrogen-bond donors (Lipinski definition) is 0. The number of halogens is 1. The highest BCUT2D eigenvalue weighted by Gasteiger charge is 2.22. The van der Waals surface area contributed by atoms with Crippen LogP contribution in [0, 0.1) is 5.82 Å². The first-order valence-corrected chi connectivity index (χ1v) is 14.6. The van der Waals surface area contributed by atoms with Gasteiger partial charge in [-0.05, 0) is 58.1 Å². The SMILES string of the molecule is COC(=O)[C@@H](Cc1ccccc1)Oc1ccc(-c2ccc(-c3c(Cc4ccc(F)cc4)sc4ccccc34)cc2)cc1. The summed E-state index contributed by atoms with van der Waals surface area (Å²) in [6.45, 7) is 0. The largest absolute Gasteiger partial charge is 0.478 e. The number of carbonyl (C=O) groups is 1. The summed E-state index contributed by atoms with van der Waals surface area (Å²) in [6.07, 6.45) is 0.443. The van der Waals surface area contributed by atoms with Crippen LogP contribution in [0.4, 0.5) is 4.39 Å². The normalized spacial score (nSPS) is 11.8. The summed E-state index contributed by atoms with van der Waals surface area (Å²) in [5, 5.41) is 1.23. The molecule has 0 amide bonds. The van der Waals surface area contributed by atoms with Crippen molar-refractivity contribution in [1.82, 2.24) is 0 Å². The molecule has 5 heteroatoms. The summed E-state index contributed by atoms with van der Waals surface area (Å²) in [6, 6.07) is 41.3. The quantitative estimate of drug-likeness (QED) is 0.162. The Labute approximate surface area is 248 Å². The van der Waals surface area contributed by atoms with E-state index in [9.17, 15) is 9.18 Å². The third-order valence-electron chi connectivity index (χ3n) is 7.31. The van der Waals surface area contributed by atoms with Crippen molar-refractivity contribution in [1.29, 1.82) is 0 Å². The average molecular weight is 573 g/mol. The minimum atomic E-state index is -0.730. The van der Waals surface area contributed by atoms with Gasteiger partial charge in [-0.25, -0.2) is 9.18 Å². The third kappa shape index (κ3) is 6.12. The van der Waals surface area contributed by atoms with Gasteiger partial charge in [-0.1, -0.05) is 97.1 Å². The molecule has 0 fully saturated rings. The fourth-order valence-electron chi connectivity index (χ4n) is 5.18. The van der Waals surface area contributed by atoms with Crippen molar-refractivity contribution >= 4 is 27.4 Å². The van der Waals surface area contributed by atoms with Gasteiger partial charge in [0, 0.05) is 33.4 Å². The minimum Gasteiger partial charge on any atom is -0.478 e. The van der Waals surface area contributed by atoms with Crippen molar-refractivity contribution in [2.45, 2.75) is 18.9 Å². The van der Waals surface area contributed by atoms with E-state index in [1.165, 1.54) is 39.8 Å². The monoisotopic (exact) mass is 572 g/mol. The van der Waals surface area contributed by atoms with Crippen LogP contribution in [0.15, 0.2) is 127 Å². The number of ether oxygens (including phenoxy) is 2. The Morgan fingerprint density at radius 3 is 2.02 bits per heavy atom. The molecule has 0 saturated carbocycles. The highest BCUT2D eigenvalue weighted by Crippen LogP contribution is 2.40. The summed E-state index contributed by atoms with van der Waals surface area (Å²) >= 11 is 1.79. The number of rotatable bonds is 9. The predicted octanol–water partition coefficient (Wildman–Crippen LogP) is 9.13. The van der Waals surface area contributed by atoms with Gasteiger partial charge in [-0.2, -0.15) is 0 Å². The second-order valence-corrected chi connectivity index (χ2v) is 11.3. The summed E-state index contributed by atoms with van der Waals surface area (Å²) in [5.41, 5.74) is 6.59. The number of fused-ring (bicyclic) bond motifs is 1. The van der Waals surface area contributed by atoms with Crippen molar-refractivity contribution in [2.75, 3.05) is 7.11 Å². The van der Waals surface area contributed by atoms with Crippen molar-refractivity contribution in [3.63, 3.8) is 0 Å². The van der Waals surface area contributed by atoms with Gasteiger partial charge >= 0.3 is 5.97 Å². The van der Waals surface area contributed by atoms with Gasteiger partial charge in [-0.15, -0.1) is 11.3 Å². The molecule has 208 valence electrons. The predicted molar refractivity (Wildman–Crippen MR) is 168 cm³/mol. The van der Waals surface area contributed by atoms with E-state index in [0.29, 0.717) is 12.2 Å². The fourth-order valence-corrected chi connectivity index (χ4v) is 6.44. The van der Waals surface area contributed by atoms with Crippen LogP contribution in [0.1, 0.15) is 16.0 Å². The smallest absolute Gasteiger partial charge is 0.347 e. The molecule has 42 heavy (non-hydrogen) atoms. The first-order chi connectivity index (χ1) is 20.6. The third-order valence-corrected chi connectivity index (χ3v) is 8.48. The standard InChI is InChI=1S/C37H29FO3S/c1-40-37(39)33(23-25-7-3-2-4-8-25)41-31-21-17-28(18-22-31)27-13-15-29(16-14-27)36-32-9-5-6-10-34(32)42-35(36)24-26-11-19-30(38)20-12-26/h2-22,33H,23-24H2,1H3/t33-/m1/s1.